The first-order chi connectivity index (χ1) is 10.2. The number of rotatable bonds is 3. The molecule has 0 atom stereocenters. The second kappa shape index (κ2) is 6.36. The highest BCUT2D eigenvalue weighted by Crippen LogP contribution is 2.28. The van der Waals surface area contributed by atoms with Crippen molar-refractivity contribution < 1.29 is 9.18 Å². The van der Waals surface area contributed by atoms with Gasteiger partial charge in [0.15, 0.2) is 0 Å². The van der Waals surface area contributed by atoms with E-state index in [2.05, 4.69) is 15.3 Å². The van der Waals surface area contributed by atoms with Gasteiger partial charge in [0.2, 0.25) is 11.9 Å². The van der Waals surface area contributed by atoms with Crippen molar-refractivity contribution in [2.24, 2.45) is 5.41 Å². The highest BCUT2D eigenvalue weighted by Gasteiger charge is 2.36. The molecule has 2 rings (SSSR count). The van der Waals surface area contributed by atoms with E-state index >= 15 is 0 Å². The summed E-state index contributed by atoms with van der Waals surface area (Å²) in [5.41, 5.74) is -1.88. The number of anilines is 1. The van der Waals surface area contributed by atoms with Gasteiger partial charge in [-0.25, -0.2) is 14.4 Å². The van der Waals surface area contributed by atoms with E-state index < -0.39 is 11.1 Å². The zero-order chi connectivity index (χ0) is 16.4. The number of nitrogens with zero attached hydrogens (tertiary/aromatic N) is 3. The Bertz CT molecular complexity index is 521. The number of hydrogen-bond acceptors (Lipinski definition) is 4. The molecule has 1 N–H and O–H groups in total. The normalized spacial score (nSPS) is 18.1. The van der Waals surface area contributed by atoms with Gasteiger partial charge in [-0.3, -0.25) is 4.79 Å². The number of halogens is 2. The molecule has 122 valence electrons. The molecule has 0 spiro atoms. The Kier molecular flexibility index (Phi) is 4.90. The monoisotopic (exact) mass is 328 g/mol. The predicted molar refractivity (Wildman–Crippen MR) is 84.8 cm³/mol. The Hall–Kier alpha value is -1.43. The topological polar surface area (TPSA) is 58.1 Å². The summed E-state index contributed by atoms with van der Waals surface area (Å²) in [5, 5.41) is 3.19. The van der Waals surface area contributed by atoms with E-state index in [1.54, 1.807) is 0 Å². The number of nitrogens with one attached hydrogen (secondary N) is 1. The molecule has 1 amide bonds. The quantitative estimate of drug-likeness (QED) is 0.926. The Labute approximate surface area is 135 Å². The van der Waals surface area contributed by atoms with Crippen LogP contribution in [0.15, 0.2) is 12.4 Å². The number of piperidine rings is 1. The summed E-state index contributed by atoms with van der Waals surface area (Å²) in [6, 6.07) is 0. The molecule has 1 aliphatic heterocycles. The van der Waals surface area contributed by atoms with Crippen LogP contribution in [-0.4, -0.2) is 41.2 Å². The number of aromatic nitrogens is 2. The van der Waals surface area contributed by atoms with Gasteiger partial charge in [0.1, 0.15) is 5.67 Å². The third-order valence-electron chi connectivity index (χ3n) is 3.80. The van der Waals surface area contributed by atoms with E-state index in [9.17, 15) is 9.18 Å². The van der Waals surface area contributed by atoms with Crippen molar-refractivity contribution in [2.75, 3.05) is 24.5 Å². The highest BCUT2D eigenvalue weighted by molar-refractivity contribution is 6.30. The van der Waals surface area contributed by atoms with Crippen molar-refractivity contribution >= 4 is 23.5 Å². The second-order valence-electron chi connectivity index (χ2n) is 6.77. The van der Waals surface area contributed by atoms with Crippen molar-refractivity contribution in [3.8, 4) is 0 Å². The lowest BCUT2D eigenvalue weighted by Crippen LogP contribution is -2.50. The molecular formula is C15H22ClFN4O. The SMILES string of the molecule is CC(C)(C)C(=O)NCC1(F)CCN(c2ncc(Cl)cn2)CC1. The summed E-state index contributed by atoms with van der Waals surface area (Å²) in [5.74, 6) is 0.429. The van der Waals surface area contributed by atoms with E-state index in [0.29, 0.717) is 36.9 Å². The minimum Gasteiger partial charge on any atom is -0.352 e. The molecule has 1 saturated heterocycles. The van der Waals surface area contributed by atoms with Gasteiger partial charge in [0.05, 0.1) is 24.0 Å². The number of carbonyl (C=O) groups is 1. The fourth-order valence-corrected chi connectivity index (χ4v) is 2.35. The highest BCUT2D eigenvalue weighted by atomic mass is 35.5. The lowest BCUT2D eigenvalue weighted by Gasteiger charge is -2.36. The molecule has 1 aromatic rings. The zero-order valence-electron chi connectivity index (χ0n) is 13.2. The summed E-state index contributed by atoms with van der Waals surface area (Å²) >= 11 is 5.76. The van der Waals surface area contributed by atoms with Gasteiger partial charge in [0.25, 0.3) is 0 Å². The Morgan fingerprint density at radius 2 is 1.91 bits per heavy atom. The van der Waals surface area contributed by atoms with Crippen LogP contribution in [0.1, 0.15) is 33.6 Å². The van der Waals surface area contributed by atoms with Crippen LogP contribution in [0.25, 0.3) is 0 Å². The van der Waals surface area contributed by atoms with E-state index in [1.807, 2.05) is 25.7 Å². The molecule has 2 heterocycles. The van der Waals surface area contributed by atoms with Crippen LogP contribution in [0.2, 0.25) is 5.02 Å². The van der Waals surface area contributed by atoms with Gasteiger partial charge in [-0.15, -0.1) is 0 Å². The van der Waals surface area contributed by atoms with E-state index in [1.165, 1.54) is 12.4 Å². The van der Waals surface area contributed by atoms with Crippen molar-refractivity contribution in [1.29, 1.82) is 0 Å². The maximum atomic E-state index is 14.8. The van der Waals surface area contributed by atoms with Gasteiger partial charge in [0, 0.05) is 31.3 Å². The van der Waals surface area contributed by atoms with Gasteiger partial charge < -0.3 is 10.2 Å². The van der Waals surface area contributed by atoms with Gasteiger partial charge in [-0.2, -0.15) is 0 Å². The van der Waals surface area contributed by atoms with Crippen LogP contribution in [0, 0.1) is 5.41 Å². The van der Waals surface area contributed by atoms with Crippen molar-refractivity contribution in [3.63, 3.8) is 0 Å². The first-order valence-electron chi connectivity index (χ1n) is 7.39. The van der Waals surface area contributed by atoms with E-state index in [-0.39, 0.29) is 12.5 Å². The van der Waals surface area contributed by atoms with Crippen LogP contribution < -0.4 is 10.2 Å². The van der Waals surface area contributed by atoms with Gasteiger partial charge >= 0.3 is 0 Å². The molecule has 1 aromatic heterocycles. The first-order valence-corrected chi connectivity index (χ1v) is 7.77. The van der Waals surface area contributed by atoms with Crippen LogP contribution >= 0.6 is 11.6 Å². The number of carbonyl (C=O) groups excluding carboxylic acids is 1. The van der Waals surface area contributed by atoms with Crippen LogP contribution in [0.3, 0.4) is 0 Å². The third kappa shape index (κ3) is 4.29. The summed E-state index contributed by atoms with van der Waals surface area (Å²) in [6.07, 6.45) is 3.74. The van der Waals surface area contributed by atoms with E-state index in [0.717, 1.165) is 0 Å². The number of hydrogen-bond donors (Lipinski definition) is 1. The van der Waals surface area contributed by atoms with Crippen LogP contribution in [0.4, 0.5) is 10.3 Å². The third-order valence-corrected chi connectivity index (χ3v) is 3.99. The Morgan fingerprint density at radius 1 is 1.36 bits per heavy atom. The minimum atomic E-state index is -1.37. The zero-order valence-corrected chi connectivity index (χ0v) is 14.0. The first kappa shape index (κ1) is 16.9. The van der Waals surface area contributed by atoms with Crippen LogP contribution in [-0.2, 0) is 4.79 Å². The molecule has 22 heavy (non-hydrogen) atoms. The Balaban J connectivity index is 1.88. The molecule has 7 heteroatoms. The predicted octanol–water partition coefficient (Wildman–Crippen LogP) is 2.60. The molecule has 0 aromatic carbocycles. The summed E-state index contributed by atoms with van der Waals surface area (Å²) in [4.78, 5) is 22.1. The summed E-state index contributed by atoms with van der Waals surface area (Å²) < 4.78 is 14.8. The average molecular weight is 329 g/mol. The van der Waals surface area contributed by atoms with E-state index in [4.69, 9.17) is 11.6 Å². The van der Waals surface area contributed by atoms with Gasteiger partial charge in [-0.05, 0) is 0 Å². The lowest BCUT2D eigenvalue weighted by molar-refractivity contribution is -0.129. The fraction of sp³-hybridized carbons (Fsp3) is 0.667. The summed E-state index contributed by atoms with van der Waals surface area (Å²) in [6.45, 7) is 6.53. The second-order valence-corrected chi connectivity index (χ2v) is 7.21. The van der Waals surface area contributed by atoms with Crippen LogP contribution in [0.5, 0.6) is 0 Å². The Morgan fingerprint density at radius 3 is 2.41 bits per heavy atom. The average Bonchev–Trinajstić information content (AvgIpc) is 2.46. The summed E-state index contributed by atoms with van der Waals surface area (Å²) in [7, 11) is 0. The molecule has 1 fully saturated rings. The largest absolute Gasteiger partial charge is 0.352 e. The molecule has 0 radical (unpaired) electrons. The standard InChI is InChI=1S/C15H22ClFN4O/c1-14(2,3)12(22)20-10-15(17)4-6-21(7-5-15)13-18-8-11(16)9-19-13/h8-9H,4-7,10H2,1-3H3,(H,20,22). The molecule has 1 aliphatic rings. The molecule has 0 aliphatic carbocycles. The lowest BCUT2D eigenvalue weighted by atomic mass is 9.91. The molecule has 0 saturated carbocycles. The molecule has 0 bridgehead atoms. The van der Waals surface area contributed by atoms with Gasteiger partial charge in [-0.1, -0.05) is 32.4 Å². The number of amides is 1. The maximum Gasteiger partial charge on any atom is 0.225 e. The molecule has 0 unspecified atom stereocenters. The fourth-order valence-electron chi connectivity index (χ4n) is 2.26. The van der Waals surface area contributed by atoms with Crippen molar-refractivity contribution in [1.82, 2.24) is 15.3 Å². The molecule has 5 nitrogen and oxygen atoms in total. The number of alkyl halides is 1. The van der Waals surface area contributed by atoms with Crippen molar-refractivity contribution in [3.05, 3.63) is 17.4 Å². The molecular weight excluding hydrogens is 307 g/mol. The van der Waals surface area contributed by atoms with Crippen molar-refractivity contribution in [2.45, 2.75) is 39.3 Å². The smallest absolute Gasteiger partial charge is 0.225 e. The maximum absolute atomic E-state index is 14.8. The minimum absolute atomic E-state index is 0.0540.